The van der Waals surface area contributed by atoms with Crippen LogP contribution < -0.4 is 15.0 Å². The predicted octanol–water partition coefficient (Wildman–Crippen LogP) is 4.09. The van der Waals surface area contributed by atoms with Gasteiger partial charge in [0.1, 0.15) is 11.3 Å². The molecule has 3 aromatic rings. The van der Waals surface area contributed by atoms with Crippen LogP contribution in [0.3, 0.4) is 0 Å². The SMILES string of the molecule is O=C1NC(=O)N(c2ccc(I)cc2)C(=O)/C1=C\c1ccccc1OC(=O)c1ccc([N+](=O)[O-])cc1. The van der Waals surface area contributed by atoms with Crippen molar-refractivity contribution in [3.63, 3.8) is 0 Å². The van der Waals surface area contributed by atoms with Crippen LogP contribution >= 0.6 is 22.6 Å². The first-order chi connectivity index (χ1) is 16.7. The molecule has 0 spiro atoms. The molecule has 4 amide bonds. The minimum atomic E-state index is -0.890. The van der Waals surface area contributed by atoms with Crippen molar-refractivity contribution in [2.24, 2.45) is 0 Å². The number of barbiturate groups is 1. The zero-order chi connectivity index (χ0) is 25.1. The fraction of sp³-hybridized carbons (Fsp3) is 0. The van der Waals surface area contributed by atoms with E-state index in [1.54, 1.807) is 36.4 Å². The quantitative estimate of drug-likeness (QED) is 0.0910. The molecule has 174 valence electrons. The number of halogens is 1. The van der Waals surface area contributed by atoms with Gasteiger partial charge in [0.15, 0.2) is 0 Å². The van der Waals surface area contributed by atoms with E-state index < -0.39 is 28.7 Å². The molecule has 1 heterocycles. The molecule has 1 N–H and O–H groups in total. The third-order valence-corrected chi connectivity index (χ3v) is 5.64. The molecule has 0 atom stereocenters. The minimum absolute atomic E-state index is 0.0432. The third-order valence-electron chi connectivity index (χ3n) is 4.92. The van der Waals surface area contributed by atoms with Crippen LogP contribution in [0.4, 0.5) is 16.2 Å². The molecule has 0 saturated carbocycles. The van der Waals surface area contributed by atoms with E-state index in [0.29, 0.717) is 0 Å². The number of ether oxygens (including phenoxy) is 1. The van der Waals surface area contributed by atoms with Gasteiger partial charge >= 0.3 is 12.0 Å². The molecule has 0 unspecified atom stereocenters. The van der Waals surface area contributed by atoms with Gasteiger partial charge in [-0.25, -0.2) is 14.5 Å². The van der Waals surface area contributed by atoms with E-state index in [9.17, 15) is 29.3 Å². The van der Waals surface area contributed by atoms with E-state index >= 15 is 0 Å². The van der Waals surface area contributed by atoms with Gasteiger partial charge in [0.25, 0.3) is 17.5 Å². The molecule has 0 aliphatic carbocycles. The molecule has 35 heavy (non-hydrogen) atoms. The highest BCUT2D eigenvalue weighted by Crippen LogP contribution is 2.26. The van der Waals surface area contributed by atoms with Gasteiger partial charge in [-0.1, -0.05) is 18.2 Å². The average molecular weight is 583 g/mol. The molecular formula is C24H14IN3O7. The lowest BCUT2D eigenvalue weighted by molar-refractivity contribution is -0.384. The molecule has 4 rings (SSSR count). The number of nitrogens with one attached hydrogen (secondary N) is 1. The van der Waals surface area contributed by atoms with E-state index in [0.717, 1.165) is 8.47 Å². The summed E-state index contributed by atoms with van der Waals surface area (Å²) in [6.07, 6.45) is 1.22. The number of rotatable bonds is 5. The lowest BCUT2D eigenvalue weighted by Gasteiger charge is -2.26. The predicted molar refractivity (Wildman–Crippen MR) is 133 cm³/mol. The fourth-order valence-corrected chi connectivity index (χ4v) is 3.57. The summed E-state index contributed by atoms with van der Waals surface area (Å²) in [7, 11) is 0. The molecule has 1 aliphatic rings. The second kappa shape index (κ2) is 9.85. The molecule has 0 aromatic heterocycles. The number of esters is 1. The van der Waals surface area contributed by atoms with E-state index in [4.69, 9.17) is 4.74 Å². The first kappa shape index (κ1) is 23.8. The molecule has 11 heteroatoms. The highest BCUT2D eigenvalue weighted by molar-refractivity contribution is 14.1. The molecule has 1 aliphatic heterocycles. The Kier molecular flexibility index (Phi) is 6.68. The van der Waals surface area contributed by atoms with Crippen LogP contribution in [-0.4, -0.2) is 28.7 Å². The van der Waals surface area contributed by atoms with Crippen molar-refractivity contribution in [3.8, 4) is 5.75 Å². The van der Waals surface area contributed by atoms with E-state index in [1.807, 2.05) is 0 Å². The van der Waals surface area contributed by atoms with Crippen molar-refractivity contribution in [3.05, 3.63) is 103 Å². The number of hydrogen-bond donors (Lipinski definition) is 1. The third kappa shape index (κ3) is 5.09. The summed E-state index contributed by atoms with van der Waals surface area (Å²) in [5, 5.41) is 12.9. The van der Waals surface area contributed by atoms with Gasteiger partial charge in [-0.05, 0) is 71.1 Å². The van der Waals surface area contributed by atoms with Crippen molar-refractivity contribution in [1.82, 2.24) is 5.32 Å². The van der Waals surface area contributed by atoms with E-state index in [2.05, 4.69) is 27.9 Å². The topological polar surface area (TPSA) is 136 Å². The summed E-state index contributed by atoms with van der Waals surface area (Å²) in [4.78, 5) is 61.6. The molecule has 1 fully saturated rings. The molecule has 0 bridgehead atoms. The van der Waals surface area contributed by atoms with Gasteiger partial charge in [-0.2, -0.15) is 0 Å². The highest BCUT2D eigenvalue weighted by Gasteiger charge is 2.37. The first-order valence-electron chi connectivity index (χ1n) is 9.97. The summed E-state index contributed by atoms with van der Waals surface area (Å²) in [5.41, 5.74) is 0.0742. The number of para-hydroxylation sites is 1. The Morgan fingerprint density at radius 3 is 2.29 bits per heavy atom. The summed E-state index contributed by atoms with van der Waals surface area (Å²) < 4.78 is 6.31. The number of amides is 4. The van der Waals surface area contributed by atoms with Crippen LogP contribution in [0.1, 0.15) is 15.9 Å². The van der Waals surface area contributed by atoms with Crippen molar-refractivity contribution in [1.29, 1.82) is 0 Å². The highest BCUT2D eigenvalue weighted by atomic mass is 127. The number of benzene rings is 3. The number of carbonyl (C=O) groups excluding carboxylic acids is 4. The standard InChI is InChI=1S/C24H14IN3O7/c25-16-7-11-17(12-8-16)27-22(30)19(21(29)26-24(27)32)13-15-3-1-2-4-20(15)35-23(31)14-5-9-18(10-6-14)28(33)34/h1-13H,(H,26,29,32)/b19-13-. The number of nitro groups is 1. The summed E-state index contributed by atoms with van der Waals surface area (Å²) >= 11 is 2.08. The maximum Gasteiger partial charge on any atom is 0.343 e. The lowest BCUT2D eigenvalue weighted by Crippen LogP contribution is -2.54. The Morgan fingerprint density at radius 1 is 0.971 bits per heavy atom. The number of anilines is 1. The van der Waals surface area contributed by atoms with Gasteiger partial charge in [0.2, 0.25) is 0 Å². The number of imide groups is 2. The number of urea groups is 1. The van der Waals surface area contributed by atoms with Crippen molar-refractivity contribution < 1.29 is 28.8 Å². The van der Waals surface area contributed by atoms with Crippen molar-refractivity contribution >= 4 is 63.9 Å². The molecular weight excluding hydrogens is 569 g/mol. The summed E-state index contributed by atoms with van der Waals surface area (Å²) in [5.74, 6) is -2.47. The van der Waals surface area contributed by atoms with Gasteiger partial charge in [-0.15, -0.1) is 0 Å². The number of non-ortho nitro benzene ring substituents is 1. The van der Waals surface area contributed by atoms with Crippen LogP contribution in [0.5, 0.6) is 5.75 Å². The number of nitro benzene ring substituents is 1. The van der Waals surface area contributed by atoms with Gasteiger partial charge in [-0.3, -0.25) is 25.0 Å². The Balaban J connectivity index is 1.64. The van der Waals surface area contributed by atoms with Crippen LogP contribution in [0.25, 0.3) is 6.08 Å². The molecule has 3 aromatic carbocycles. The Hall–Kier alpha value is -4.39. The second-order valence-electron chi connectivity index (χ2n) is 7.17. The summed E-state index contributed by atoms with van der Waals surface area (Å²) in [6, 6.07) is 16.7. The second-order valence-corrected chi connectivity index (χ2v) is 8.41. The lowest BCUT2D eigenvalue weighted by atomic mass is 10.1. The monoisotopic (exact) mass is 583 g/mol. The van der Waals surface area contributed by atoms with Crippen molar-refractivity contribution in [2.45, 2.75) is 0 Å². The van der Waals surface area contributed by atoms with E-state index in [-0.39, 0.29) is 33.8 Å². The first-order valence-corrected chi connectivity index (χ1v) is 11.0. The van der Waals surface area contributed by atoms with Crippen LogP contribution in [0, 0.1) is 13.7 Å². The largest absolute Gasteiger partial charge is 0.422 e. The Bertz CT molecular complexity index is 1400. The van der Waals surface area contributed by atoms with Gasteiger partial charge in [0.05, 0.1) is 16.2 Å². The van der Waals surface area contributed by atoms with E-state index in [1.165, 1.54) is 42.5 Å². The number of carbonyl (C=O) groups is 4. The zero-order valence-electron chi connectivity index (χ0n) is 17.6. The molecule has 1 saturated heterocycles. The molecule has 0 radical (unpaired) electrons. The summed E-state index contributed by atoms with van der Waals surface area (Å²) in [6.45, 7) is 0. The normalized spacial score (nSPS) is 14.6. The van der Waals surface area contributed by atoms with Crippen LogP contribution in [0.2, 0.25) is 0 Å². The molecule has 10 nitrogen and oxygen atoms in total. The smallest absolute Gasteiger partial charge is 0.343 e. The average Bonchev–Trinajstić information content (AvgIpc) is 2.83. The van der Waals surface area contributed by atoms with Gasteiger partial charge in [0, 0.05) is 21.3 Å². The Morgan fingerprint density at radius 2 is 1.63 bits per heavy atom. The Labute approximate surface area is 211 Å². The minimum Gasteiger partial charge on any atom is -0.422 e. The van der Waals surface area contributed by atoms with Crippen LogP contribution in [0.15, 0.2) is 78.4 Å². The van der Waals surface area contributed by atoms with Crippen molar-refractivity contribution in [2.75, 3.05) is 4.90 Å². The van der Waals surface area contributed by atoms with Gasteiger partial charge < -0.3 is 4.74 Å². The maximum atomic E-state index is 13.1. The fourth-order valence-electron chi connectivity index (χ4n) is 3.21. The van der Waals surface area contributed by atoms with Crippen LogP contribution in [-0.2, 0) is 9.59 Å². The maximum absolute atomic E-state index is 13.1. The zero-order valence-corrected chi connectivity index (χ0v) is 19.8. The number of hydrogen-bond acceptors (Lipinski definition) is 7. The number of nitrogens with zero attached hydrogens (tertiary/aromatic N) is 2.